The van der Waals surface area contributed by atoms with Crippen molar-refractivity contribution in [2.45, 2.75) is 12.8 Å². The SMILES string of the molecule is O=C(Nc1ccc(Cl)cc1)n1cc2c(n1)-c1ccccc1CC2. The smallest absolute Gasteiger partial charge is 0.306 e. The van der Waals surface area contributed by atoms with Gasteiger partial charge < -0.3 is 5.32 Å². The summed E-state index contributed by atoms with van der Waals surface area (Å²) in [5.41, 5.74) is 5.09. The molecule has 1 aliphatic carbocycles. The van der Waals surface area contributed by atoms with Gasteiger partial charge in [0, 0.05) is 22.5 Å². The number of carbonyl (C=O) groups excluding carboxylic acids is 1. The summed E-state index contributed by atoms with van der Waals surface area (Å²) in [6.07, 6.45) is 3.70. The Morgan fingerprint density at radius 2 is 1.78 bits per heavy atom. The molecule has 0 saturated carbocycles. The number of carbonyl (C=O) groups is 1. The van der Waals surface area contributed by atoms with Gasteiger partial charge in [-0.2, -0.15) is 9.78 Å². The zero-order chi connectivity index (χ0) is 15.8. The molecule has 23 heavy (non-hydrogen) atoms. The standard InChI is InChI=1S/C18H14ClN3O/c19-14-7-9-15(10-8-14)20-18(23)22-11-13-6-5-12-3-1-2-4-16(12)17(13)21-22/h1-4,7-11H,5-6H2,(H,20,23). The average molecular weight is 324 g/mol. The van der Waals surface area contributed by atoms with Gasteiger partial charge in [-0.05, 0) is 48.2 Å². The zero-order valence-electron chi connectivity index (χ0n) is 12.3. The van der Waals surface area contributed by atoms with E-state index in [1.54, 1.807) is 24.3 Å². The maximum absolute atomic E-state index is 12.4. The number of nitrogens with zero attached hydrogens (tertiary/aromatic N) is 2. The molecule has 0 saturated heterocycles. The zero-order valence-corrected chi connectivity index (χ0v) is 13.0. The second-order valence-electron chi connectivity index (χ2n) is 5.54. The summed E-state index contributed by atoms with van der Waals surface area (Å²) >= 11 is 5.85. The Balaban J connectivity index is 1.63. The Labute approximate surface area is 138 Å². The summed E-state index contributed by atoms with van der Waals surface area (Å²) in [7, 11) is 0. The van der Waals surface area contributed by atoms with Crippen LogP contribution in [0.15, 0.2) is 54.7 Å². The van der Waals surface area contributed by atoms with Gasteiger partial charge in [0.25, 0.3) is 0 Å². The number of rotatable bonds is 1. The van der Waals surface area contributed by atoms with Crippen molar-refractivity contribution < 1.29 is 4.79 Å². The Morgan fingerprint density at radius 3 is 2.61 bits per heavy atom. The number of amides is 1. The van der Waals surface area contributed by atoms with E-state index < -0.39 is 0 Å². The molecule has 0 fully saturated rings. The van der Waals surface area contributed by atoms with E-state index in [1.807, 2.05) is 18.3 Å². The largest absolute Gasteiger partial charge is 0.346 e. The van der Waals surface area contributed by atoms with E-state index in [9.17, 15) is 4.79 Å². The number of hydrogen-bond donors (Lipinski definition) is 1. The van der Waals surface area contributed by atoms with Crippen LogP contribution >= 0.6 is 11.6 Å². The van der Waals surface area contributed by atoms with E-state index in [0.29, 0.717) is 10.7 Å². The highest BCUT2D eigenvalue weighted by molar-refractivity contribution is 6.30. The maximum atomic E-state index is 12.4. The summed E-state index contributed by atoms with van der Waals surface area (Å²) in [4.78, 5) is 12.4. The lowest BCUT2D eigenvalue weighted by molar-refractivity contribution is 0.251. The van der Waals surface area contributed by atoms with Gasteiger partial charge in [-0.3, -0.25) is 0 Å². The first-order chi connectivity index (χ1) is 11.2. The van der Waals surface area contributed by atoms with Crippen LogP contribution in [0.1, 0.15) is 11.1 Å². The fourth-order valence-corrected chi connectivity index (χ4v) is 3.00. The van der Waals surface area contributed by atoms with E-state index in [4.69, 9.17) is 11.6 Å². The number of nitrogens with one attached hydrogen (secondary N) is 1. The van der Waals surface area contributed by atoms with Crippen LogP contribution < -0.4 is 5.32 Å². The summed E-state index contributed by atoms with van der Waals surface area (Å²) in [5.74, 6) is 0. The number of aromatic nitrogens is 2. The molecule has 0 radical (unpaired) electrons. The molecule has 1 aromatic heterocycles. The third kappa shape index (κ3) is 2.62. The molecule has 0 atom stereocenters. The van der Waals surface area contributed by atoms with Crippen molar-refractivity contribution >= 4 is 23.3 Å². The van der Waals surface area contributed by atoms with E-state index in [1.165, 1.54) is 10.2 Å². The van der Waals surface area contributed by atoms with E-state index in [2.05, 4.69) is 22.5 Å². The molecule has 0 bridgehead atoms. The molecule has 0 unspecified atom stereocenters. The summed E-state index contributed by atoms with van der Waals surface area (Å²) in [6.45, 7) is 0. The van der Waals surface area contributed by atoms with Crippen molar-refractivity contribution in [3.63, 3.8) is 0 Å². The van der Waals surface area contributed by atoms with Crippen molar-refractivity contribution in [1.82, 2.24) is 9.78 Å². The molecule has 0 spiro atoms. The minimum absolute atomic E-state index is 0.279. The number of fused-ring (bicyclic) bond motifs is 3. The third-order valence-electron chi connectivity index (χ3n) is 4.03. The minimum atomic E-state index is -0.279. The molecule has 4 nitrogen and oxygen atoms in total. The number of hydrogen-bond acceptors (Lipinski definition) is 2. The van der Waals surface area contributed by atoms with Crippen LogP contribution in [-0.2, 0) is 12.8 Å². The highest BCUT2D eigenvalue weighted by Crippen LogP contribution is 2.31. The van der Waals surface area contributed by atoms with Crippen LogP contribution in [-0.4, -0.2) is 15.8 Å². The minimum Gasteiger partial charge on any atom is -0.306 e. The highest BCUT2D eigenvalue weighted by atomic mass is 35.5. The van der Waals surface area contributed by atoms with Gasteiger partial charge in [0.1, 0.15) is 0 Å². The van der Waals surface area contributed by atoms with Crippen molar-refractivity contribution in [3.8, 4) is 11.3 Å². The topological polar surface area (TPSA) is 46.9 Å². The maximum Gasteiger partial charge on any atom is 0.346 e. The van der Waals surface area contributed by atoms with Crippen LogP contribution in [0.25, 0.3) is 11.3 Å². The van der Waals surface area contributed by atoms with Crippen LogP contribution in [0.4, 0.5) is 10.5 Å². The molecule has 2 aromatic carbocycles. The molecule has 1 N–H and O–H groups in total. The molecule has 5 heteroatoms. The van der Waals surface area contributed by atoms with Gasteiger partial charge in [-0.15, -0.1) is 0 Å². The van der Waals surface area contributed by atoms with Gasteiger partial charge in [-0.25, -0.2) is 4.79 Å². The second kappa shape index (κ2) is 5.56. The summed E-state index contributed by atoms with van der Waals surface area (Å²) in [6, 6.07) is 14.9. The Kier molecular flexibility index (Phi) is 3.39. The lowest BCUT2D eigenvalue weighted by atomic mass is 9.91. The normalized spacial score (nSPS) is 12.4. The van der Waals surface area contributed by atoms with Gasteiger partial charge in [0.2, 0.25) is 0 Å². The van der Waals surface area contributed by atoms with E-state index in [0.717, 1.165) is 29.7 Å². The van der Waals surface area contributed by atoms with Crippen molar-refractivity contribution in [1.29, 1.82) is 0 Å². The summed E-state index contributed by atoms with van der Waals surface area (Å²) < 4.78 is 1.38. The van der Waals surface area contributed by atoms with Crippen molar-refractivity contribution in [2.75, 3.05) is 5.32 Å². The third-order valence-corrected chi connectivity index (χ3v) is 4.28. The second-order valence-corrected chi connectivity index (χ2v) is 5.98. The Hall–Kier alpha value is -2.59. The van der Waals surface area contributed by atoms with Crippen molar-refractivity contribution in [2.24, 2.45) is 0 Å². The highest BCUT2D eigenvalue weighted by Gasteiger charge is 2.21. The predicted octanol–water partition coefficient (Wildman–Crippen LogP) is 4.38. The number of halogens is 1. The van der Waals surface area contributed by atoms with E-state index in [-0.39, 0.29) is 6.03 Å². The molecule has 4 rings (SSSR count). The molecule has 1 aliphatic rings. The molecular formula is C18H14ClN3O. The molecule has 0 aliphatic heterocycles. The van der Waals surface area contributed by atoms with Crippen molar-refractivity contribution in [3.05, 3.63) is 70.9 Å². The van der Waals surface area contributed by atoms with Crippen LogP contribution in [0.5, 0.6) is 0 Å². The predicted molar refractivity (Wildman–Crippen MR) is 90.9 cm³/mol. The molecule has 1 amide bonds. The quantitative estimate of drug-likeness (QED) is 0.722. The van der Waals surface area contributed by atoms with Gasteiger partial charge >= 0.3 is 6.03 Å². The average Bonchev–Trinajstić information content (AvgIpc) is 3.02. The number of anilines is 1. The Morgan fingerprint density at radius 1 is 1.04 bits per heavy atom. The molecular weight excluding hydrogens is 310 g/mol. The lowest BCUT2D eigenvalue weighted by Gasteiger charge is -2.13. The summed E-state index contributed by atoms with van der Waals surface area (Å²) in [5, 5.41) is 7.94. The van der Waals surface area contributed by atoms with Crippen LogP contribution in [0.3, 0.4) is 0 Å². The molecule has 3 aromatic rings. The fourth-order valence-electron chi connectivity index (χ4n) is 2.88. The number of benzene rings is 2. The van der Waals surface area contributed by atoms with Gasteiger partial charge in [0.05, 0.1) is 5.69 Å². The molecule has 1 heterocycles. The lowest BCUT2D eigenvalue weighted by Crippen LogP contribution is -2.19. The van der Waals surface area contributed by atoms with E-state index >= 15 is 0 Å². The Bertz CT molecular complexity index is 884. The number of aryl methyl sites for hydroxylation is 2. The monoisotopic (exact) mass is 323 g/mol. The first kappa shape index (κ1) is 14.0. The van der Waals surface area contributed by atoms with Crippen LogP contribution in [0.2, 0.25) is 5.02 Å². The molecule has 114 valence electrons. The van der Waals surface area contributed by atoms with Crippen LogP contribution in [0, 0.1) is 0 Å². The first-order valence-electron chi connectivity index (χ1n) is 7.44. The fraction of sp³-hybridized carbons (Fsp3) is 0.111. The van der Waals surface area contributed by atoms with Gasteiger partial charge in [0.15, 0.2) is 0 Å². The first-order valence-corrected chi connectivity index (χ1v) is 7.82. The van der Waals surface area contributed by atoms with Gasteiger partial charge in [-0.1, -0.05) is 35.9 Å².